The Hall–Kier alpha value is -1.18. The number of aromatic amines is 1. The number of nitrogens with zero attached hydrogens (tertiary/aromatic N) is 3. The third-order valence-corrected chi connectivity index (χ3v) is 3.79. The number of halogens is 3. The molecule has 3 aromatic rings. The first-order valence-electron chi connectivity index (χ1n) is 5.22. The third-order valence-electron chi connectivity index (χ3n) is 2.44. The van der Waals surface area contributed by atoms with E-state index in [9.17, 15) is 0 Å². The molecular weight excluding hydrogens is 397 g/mol. The van der Waals surface area contributed by atoms with Crippen LogP contribution < -0.4 is 5.32 Å². The number of hydrogen-bond donors (Lipinski definition) is 2. The number of fused-ring (bicyclic) bond motifs is 1. The summed E-state index contributed by atoms with van der Waals surface area (Å²) in [5.41, 5.74) is 2.09. The largest absolute Gasteiger partial charge is 0.340 e. The van der Waals surface area contributed by atoms with Gasteiger partial charge in [0.05, 0.1) is 12.0 Å². The Balaban J connectivity index is 2.10. The van der Waals surface area contributed by atoms with E-state index in [2.05, 4.69) is 57.1 Å². The summed E-state index contributed by atoms with van der Waals surface area (Å²) in [7, 11) is 0. The molecular formula is C11H6Br2ClN5. The van der Waals surface area contributed by atoms with Gasteiger partial charge < -0.3 is 10.3 Å². The zero-order chi connectivity index (χ0) is 13.4. The maximum atomic E-state index is 5.88. The van der Waals surface area contributed by atoms with Crippen molar-refractivity contribution in [2.45, 2.75) is 0 Å². The molecule has 0 unspecified atom stereocenters. The van der Waals surface area contributed by atoms with E-state index in [1.807, 2.05) is 18.2 Å². The quantitative estimate of drug-likeness (QED) is 0.627. The second-order valence-corrected chi connectivity index (χ2v) is 5.80. The van der Waals surface area contributed by atoms with E-state index in [0.717, 1.165) is 14.6 Å². The molecule has 0 aliphatic rings. The van der Waals surface area contributed by atoms with Gasteiger partial charge >= 0.3 is 0 Å². The predicted octanol–water partition coefficient (Wildman–Crippen LogP) is 4.27. The summed E-state index contributed by atoms with van der Waals surface area (Å²) in [5, 5.41) is 3.35. The van der Waals surface area contributed by atoms with Crippen molar-refractivity contribution in [3.63, 3.8) is 0 Å². The summed E-state index contributed by atoms with van der Waals surface area (Å²) >= 11 is 12.8. The monoisotopic (exact) mass is 401 g/mol. The van der Waals surface area contributed by atoms with Gasteiger partial charge in [0.1, 0.15) is 5.52 Å². The average Bonchev–Trinajstić information content (AvgIpc) is 2.82. The molecule has 0 aliphatic carbocycles. The Labute approximate surface area is 130 Å². The zero-order valence-electron chi connectivity index (χ0n) is 9.28. The molecule has 0 atom stereocenters. The van der Waals surface area contributed by atoms with Crippen molar-refractivity contribution in [1.82, 2.24) is 19.9 Å². The summed E-state index contributed by atoms with van der Waals surface area (Å²) in [6, 6.07) is 5.80. The smallest absolute Gasteiger partial charge is 0.226 e. The highest BCUT2D eigenvalue weighted by Crippen LogP contribution is 2.30. The van der Waals surface area contributed by atoms with Crippen LogP contribution in [0.25, 0.3) is 11.2 Å². The molecule has 0 radical (unpaired) electrons. The van der Waals surface area contributed by atoms with Gasteiger partial charge in [0.2, 0.25) is 5.28 Å². The maximum absolute atomic E-state index is 5.88. The first-order chi connectivity index (χ1) is 9.13. The highest BCUT2D eigenvalue weighted by molar-refractivity contribution is 9.11. The Morgan fingerprint density at radius 1 is 1.21 bits per heavy atom. The first-order valence-corrected chi connectivity index (χ1v) is 7.18. The van der Waals surface area contributed by atoms with Crippen molar-refractivity contribution < 1.29 is 0 Å². The second kappa shape index (κ2) is 5.07. The van der Waals surface area contributed by atoms with Crippen molar-refractivity contribution in [3.8, 4) is 0 Å². The van der Waals surface area contributed by atoms with Gasteiger partial charge in [-0.1, -0.05) is 15.9 Å². The number of imidazole rings is 1. The van der Waals surface area contributed by atoms with E-state index in [1.54, 1.807) is 6.33 Å². The molecule has 0 spiro atoms. The van der Waals surface area contributed by atoms with Crippen molar-refractivity contribution in [3.05, 3.63) is 38.8 Å². The minimum Gasteiger partial charge on any atom is -0.340 e. The third kappa shape index (κ3) is 2.58. The van der Waals surface area contributed by atoms with E-state index < -0.39 is 0 Å². The SMILES string of the molecule is Clc1nc(Nc2cc(Br)ccc2Br)c2[nH]cnc2n1. The fourth-order valence-electron chi connectivity index (χ4n) is 1.62. The lowest BCUT2D eigenvalue weighted by Crippen LogP contribution is -1.98. The van der Waals surface area contributed by atoms with E-state index in [4.69, 9.17) is 11.6 Å². The van der Waals surface area contributed by atoms with Crippen molar-refractivity contribution in [2.75, 3.05) is 5.32 Å². The molecule has 0 aliphatic heterocycles. The number of anilines is 2. The molecule has 0 amide bonds. The van der Waals surface area contributed by atoms with Crippen LogP contribution in [0.5, 0.6) is 0 Å². The molecule has 5 nitrogen and oxygen atoms in total. The lowest BCUT2D eigenvalue weighted by atomic mass is 10.3. The zero-order valence-corrected chi connectivity index (χ0v) is 13.2. The topological polar surface area (TPSA) is 66.5 Å². The second-order valence-electron chi connectivity index (χ2n) is 3.69. The summed E-state index contributed by atoms with van der Waals surface area (Å²) in [6.45, 7) is 0. The van der Waals surface area contributed by atoms with E-state index in [1.165, 1.54) is 0 Å². The molecule has 0 fully saturated rings. The van der Waals surface area contributed by atoms with Crippen LogP contribution in [0.2, 0.25) is 5.28 Å². The molecule has 0 bridgehead atoms. The van der Waals surface area contributed by atoms with Gasteiger partial charge in [-0.3, -0.25) is 0 Å². The van der Waals surface area contributed by atoms with Gasteiger partial charge in [-0.25, -0.2) is 4.98 Å². The number of rotatable bonds is 2. The van der Waals surface area contributed by atoms with Crippen molar-refractivity contribution >= 4 is 66.1 Å². The van der Waals surface area contributed by atoms with Crippen LogP contribution in [0.3, 0.4) is 0 Å². The van der Waals surface area contributed by atoms with E-state index >= 15 is 0 Å². The Bertz CT molecular complexity index is 758. The standard InChI is InChI=1S/C11H6Br2ClN5/c12-5-1-2-6(13)7(3-5)17-10-8-9(16-4-15-8)18-11(14)19-10/h1-4H,(H2,15,16,17,18,19). The summed E-state index contributed by atoms with van der Waals surface area (Å²) < 4.78 is 1.87. The first kappa shape index (κ1) is 12.8. The van der Waals surface area contributed by atoms with Crippen LogP contribution in [0.15, 0.2) is 33.5 Å². The molecule has 96 valence electrons. The lowest BCUT2D eigenvalue weighted by molar-refractivity contribution is 1.20. The molecule has 3 rings (SSSR count). The Morgan fingerprint density at radius 3 is 2.89 bits per heavy atom. The summed E-state index contributed by atoms with van der Waals surface area (Å²) in [6.07, 6.45) is 1.55. The molecule has 0 saturated heterocycles. The predicted molar refractivity (Wildman–Crippen MR) is 81.8 cm³/mol. The van der Waals surface area contributed by atoms with Crippen LogP contribution in [-0.4, -0.2) is 19.9 Å². The number of nitrogens with one attached hydrogen (secondary N) is 2. The molecule has 0 saturated carbocycles. The lowest BCUT2D eigenvalue weighted by Gasteiger charge is -2.09. The number of benzene rings is 1. The van der Waals surface area contributed by atoms with Gasteiger partial charge in [0.25, 0.3) is 0 Å². The fraction of sp³-hybridized carbons (Fsp3) is 0. The number of aromatic nitrogens is 4. The van der Waals surface area contributed by atoms with Crippen LogP contribution in [-0.2, 0) is 0 Å². The molecule has 2 N–H and O–H groups in total. The van der Waals surface area contributed by atoms with Gasteiger partial charge in [-0.2, -0.15) is 9.97 Å². The minimum absolute atomic E-state index is 0.146. The van der Waals surface area contributed by atoms with Gasteiger partial charge in [0.15, 0.2) is 11.5 Å². The molecule has 2 aromatic heterocycles. The van der Waals surface area contributed by atoms with Crippen molar-refractivity contribution in [2.24, 2.45) is 0 Å². The maximum Gasteiger partial charge on any atom is 0.226 e. The van der Waals surface area contributed by atoms with Crippen LogP contribution >= 0.6 is 43.5 Å². The molecule has 1 aromatic carbocycles. The molecule has 2 heterocycles. The van der Waals surface area contributed by atoms with E-state index in [-0.39, 0.29) is 5.28 Å². The van der Waals surface area contributed by atoms with Crippen molar-refractivity contribution in [1.29, 1.82) is 0 Å². The Kier molecular flexibility index (Phi) is 3.42. The van der Waals surface area contributed by atoms with Crippen LogP contribution in [0, 0.1) is 0 Å². The van der Waals surface area contributed by atoms with Gasteiger partial charge in [-0.15, -0.1) is 0 Å². The van der Waals surface area contributed by atoms with Gasteiger partial charge in [0, 0.05) is 8.95 Å². The van der Waals surface area contributed by atoms with Gasteiger partial charge in [-0.05, 0) is 45.7 Å². The highest BCUT2D eigenvalue weighted by atomic mass is 79.9. The minimum atomic E-state index is 0.146. The Morgan fingerprint density at radius 2 is 2.05 bits per heavy atom. The summed E-state index contributed by atoms with van der Waals surface area (Å²) in [5.74, 6) is 0.575. The summed E-state index contributed by atoms with van der Waals surface area (Å²) in [4.78, 5) is 15.3. The van der Waals surface area contributed by atoms with Crippen LogP contribution in [0.1, 0.15) is 0 Å². The average molecular weight is 403 g/mol. The van der Waals surface area contributed by atoms with Crippen LogP contribution in [0.4, 0.5) is 11.5 Å². The number of hydrogen-bond acceptors (Lipinski definition) is 4. The normalized spacial score (nSPS) is 10.9. The van der Waals surface area contributed by atoms with E-state index in [0.29, 0.717) is 17.0 Å². The molecule has 19 heavy (non-hydrogen) atoms. The number of H-pyrrole nitrogens is 1. The molecule has 8 heteroatoms. The fourth-order valence-corrected chi connectivity index (χ4v) is 2.49. The highest BCUT2D eigenvalue weighted by Gasteiger charge is 2.10.